The van der Waals surface area contributed by atoms with Crippen LogP contribution in [0.5, 0.6) is 0 Å². The molecule has 3 aromatic rings. The molecule has 3 rings (SSSR count). The topological polar surface area (TPSA) is 128 Å². The van der Waals surface area contributed by atoms with Gasteiger partial charge in [0.25, 0.3) is 5.69 Å². The molecule has 0 amide bonds. The van der Waals surface area contributed by atoms with Crippen molar-refractivity contribution in [1.29, 1.82) is 0 Å². The number of nitrogens with zero attached hydrogens (tertiary/aromatic N) is 4. The first-order valence-electron chi connectivity index (χ1n) is 7.62. The summed E-state index contributed by atoms with van der Waals surface area (Å²) in [6.07, 6.45) is 3.93. The fourth-order valence-corrected chi connectivity index (χ4v) is 3.12. The lowest BCUT2D eigenvalue weighted by Gasteiger charge is -2.03. The highest BCUT2D eigenvalue weighted by molar-refractivity contribution is 7.90. The van der Waals surface area contributed by atoms with Crippen LogP contribution in [-0.2, 0) is 9.84 Å². The van der Waals surface area contributed by atoms with E-state index >= 15 is 0 Å². The molecule has 0 saturated heterocycles. The Morgan fingerprint density at radius 1 is 1.15 bits per heavy atom. The first-order valence-corrected chi connectivity index (χ1v) is 9.51. The number of sulfone groups is 1. The smallest absolute Gasteiger partial charge is 0.269 e. The minimum Gasteiger partial charge on any atom is -0.411 e. The summed E-state index contributed by atoms with van der Waals surface area (Å²) in [6.45, 7) is 0. The molecule has 0 unspecified atom stereocenters. The molecule has 1 N–H and O–H groups in total. The van der Waals surface area contributed by atoms with Gasteiger partial charge >= 0.3 is 0 Å². The Hall–Kier alpha value is -3.53. The standard InChI is InChI=1S/C17H14N4O5S/c1-27(25,26)16-8-6-14(7-9-16)20-11-13(10-18-22)17(19-20)12-2-4-15(5-3-12)21(23)24/h2-11,22H,1H3/b18-10+. The predicted octanol–water partition coefficient (Wildman–Crippen LogP) is 2.66. The summed E-state index contributed by atoms with van der Waals surface area (Å²) in [5.41, 5.74) is 2.09. The van der Waals surface area contributed by atoms with Gasteiger partial charge in [-0.1, -0.05) is 5.16 Å². The number of aromatic nitrogens is 2. The summed E-state index contributed by atoms with van der Waals surface area (Å²) >= 11 is 0. The number of benzene rings is 2. The molecular formula is C17H14N4O5S. The second kappa shape index (κ2) is 7.00. The Morgan fingerprint density at radius 3 is 2.30 bits per heavy atom. The molecule has 2 aromatic carbocycles. The van der Waals surface area contributed by atoms with E-state index < -0.39 is 14.8 Å². The number of hydrogen-bond acceptors (Lipinski definition) is 7. The van der Waals surface area contributed by atoms with Gasteiger partial charge in [-0.2, -0.15) is 5.10 Å². The third kappa shape index (κ3) is 3.85. The molecule has 1 heterocycles. The summed E-state index contributed by atoms with van der Waals surface area (Å²) in [5, 5.41) is 27.1. The molecule has 0 fully saturated rings. The number of nitro benzene ring substituents is 1. The van der Waals surface area contributed by atoms with E-state index in [9.17, 15) is 18.5 Å². The highest BCUT2D eigenvalue weighted by atomic mass is 32.2. The van der Waals surface area contributed by atoms with Gasteiger partial charge in [-0.3, -0.25) is 10.1 Å². The van der Waals surface area contributed by atoms with E-state index in [0.717, 1.165) is 6.26 Å². The number of hydrogen-bond donors (Lipinski definition) is 1. The lowest BCUT2D eigenvalue weighted by atomic mass is 10.1. The molecule has 0 bridgehead atoms. The summed E-state index contributed by atoms with van der Waals surface area (Å²) in [4.78, 5) is 10.5. The van der Waals surface area contributed by atoms with Gasteiger partial charge in [0.15, 0.2) is 9.84 Å². The van der Waals surface area contributed by atoms with Crippen molar-refractivity contribution in [2.75, 3.05) is 6.26 Å². The molecule has 0 saturated carbocycles. The average molecular weight is 386 g/mol. The third-order valence-corrected chi connectivity index (χ3v) is 4.95. The van der Waals surface area contributed by atoms with Gasteiger partial charge in [0.2, 0.25) is 0 Å². The normalized spacial score (nSPS) is 11.7. The van der Waals surface area contributed by atoms with Gasteiger partial charge in [0.05, 0.1) is 21.7 Å². The maximum atomic E-state index is 11.6. The molecule has 10 heteroatoms. The molecule has 9 nitrogen and oxygen atoms in total. The van der Waals surface area contributed by atoms with E-state index in [4.69, 9.17) is 5.21 Å². The highest BCUT2D eigenvalue weighted by Crippen LogP contribution is 2.25. The molecule has 0 aliphatic rings. The zero-order chi connectivity index (χ0) is 19.6. The van der Waals surface area contributed by atoms with Crippen LogP contribution in [0.3, 0.4) is 0 Å². The van der Waals surface area contributed by atoms with E-state index in [1.807, 2.05) is 0 Å². The summed E-state index contributed by atoms with van der Waals surface area (Å²) in [7, 11) is -3.31. The Kier molecular flexibility index (Phi) is 4.74. The van der Waals surface area contributed by atoms with Crippen LogP contribution in [0.2, 0.25) is 0 Å². The van der Waals surface area contributed by atoms with E-state index in [-0.39, 0.29) is 10.6 Å². The van der Waals surface area contributed by atoms with Crippen molar-refractivity contribution in [2.45, 2.75) is 4.90 Å². The van der Waals surface area contributed by atoms with Gasteiger partial charge in [0.1, 0.15) is 5.69 Å². The zero-order valence-corrected chi connectivity index (χ0v) is 14.9. The quantitative estimate of drug-likeness (QED) is 0.311. The number of rotatable bonds is 5. The van der Waals surface area contributed by atoms with Crippen LogP contribution < -0.4 is 0 Å². The van der Waals surface area contributed by atoms with Gasteiger partial charge in [0, 0.05) is 35.7 Å². The van der Waals surface area contributed by atoms with Crippen molar-refractivity contribution in [3.8, 4) is 16.9 Å². The fourth-order valence-electron chi connectivity index (χ4n) is 2.49. The minimum atomic E-state index is -3.31. The molecule has 0 aliphatic carbocycles. The maximum absolute atomic E-state index is 11.6. The number of nitro groups is 1. The van der Waals surface area contributed by atoms with Crippen molar-refractivity contribution in [2.24, 2.45) is 5.16 Å². The van der Waals surface area contributed by atoms with Crippen LogP contribution in [0.25, 0.3) is 16.9 Å². The lowest BCUT2D eigenvalue weighted by Crippen LogP contribution is -1.99. The fraction of sp³-hybridized carbons (Fsp3) is 0.0588. The predicted molar refractivity (Wildman–Crippen MR) is 98.1 cm³/mol. The van der Waals surface area contributed by atoms with E-state index in [1.54, 1.807) is 30.5 Å². The van der Waals surface area contributed by atoms with Gasteiger partial charge in [-0.25, -0.2) is 13.1 Å². The first-order chi connectivity index (χ1) is 12.8. The van der Waals surface area contributed by atoms with Crippen LogP contribution in [0.15, 0.2) is 64.8 Å². The maximum Gasteiger partial charge on any atom is 0.269 e. The zero-order valence-electron chi connectivity index (χ0n) is 14.1. The van der Waals surface area contributed by atoms with E-state index in [1.165, 1.54) is 35.2 Å². The van der Waals surface area contributed by atoms with Crippen molar-refractivity contribution >= 4 is 21.7 Å². The van der Waals surface area contributed by atoms with Crippen molar-refractivity contribution < 1.29 is 18.5 Å². The third-order valence-electron chi connectivity index (χ3n) is 3.82. The SMILES string of the molecule is CS(=O)(=O)c1ccc(-n2cc(/C=N/O)c(-c3ccc([N+](=O)[O-])cc3)n2)cc1. The lowest BCUT2D eigenvalue weighted by molar-refractivity contribution is -0.384. The summed E-state index contributed by atoms with van der Waals surface area (Å²) < 4.78 is 24.6. The molecule has 0 aliphatic heterocycles. The van der Waals surface area contributed by atoms with Crippen molar-refractivity contribution in [3.63, 3.8) is 0 Å². The summed E-state index contributed by atoms with van der Waals surface area (Å²) in [6, 6.07) is 11.9. The Labute approximate surface area is 154 Å². The second-order valence-corrected chi connectivity index (χ2v) is 7.71. The van der Waals surface area contributed by atoms with Crippen LogP contribution in [-0.4, -0.2) is 40.8 Å². The van der Waals surface area contributed by atoms with Crippen molar-refractivity contribution in [3.05, 3.63) is 70.4 Å². The first kappa shape index (κ1) is 18.3. The van der Waals surface area contributed by atoms with Crippen LogP contribution >= 0.6 is 0 Å². The molecule has 138 valence electrons. The second-order valence-electron chi connectivity index (χ2n) is 5.69. The molecule has 27 heavy (non-hydrogen) atoms. The number of non-ortho nitro benzene ring substituents is 1. The van der Waals surface area contributed by atoms with Crippen molar-refractivity contribution in [1.82, 2.24) is 9.78 Å². The van der Waals surface area contributed by atoms with Crippen LogP contribution in [0.1, 0.15) is 5.56 Å². The Morgan fingerprint density at radius 2 is 1.78 bits per heavy atom. The van der Waals surface area contributed by atoms with Gasteiger partial charge in [-0.05, 0) is 36.4 Å². The molecule has 0 spiro atoms. The van der Waals surface area contributed by atoms with E-state index in [0.29, 0.717) is 22.5 Å². The highest BCUT2D eigenvalue weighted by Gasteiger charge is 2.14. The van der Waals surface area contributed by atoms with Gasteiger partial charge < -0.3 is 5.21 Å². The Bertz CT molecular complexity index is 1120. The molecular weight excluding hydrogens is 372 g/mol. The number of oxime groups is 1. The average Bonchev–Trinajstić information content (AvgIpc) is 3.05. The monoisotopic (exact) mass is 386 g/mol. The van der Waals surface area contributed by atoms with E-state index in [2.05, 4.69) is 10.3 Å². The van der Waals surface area contributed by atoms with Crippen LogP contribution in [0, 0.1) is 10.1 Å². The Balaban J connectivity index is 2.04. The molecule has 0 atom stereocenters. The van der Waals surface area contributed by atoms with Crippen LogP contribution in [0.4, 0.5) is 5.69 Å². The largest absolute Gasteiger partial charge is 0.411 e. The summed E-state index contributed by atoms with van der Waals surface area (Å²) in [5.74, 6) is 0. The molecule has 0 radical (unpaired) electrons. The molecule has 1 aromatic heterocycles. The minimum absolute atomic E-state index is 0.0491. The van der Waals surface area contributed by atoms with Gasteiger partial charge in [-0.15, -0.1) is 0 Å².